The molecule has 0 N–H and O–H groups in total. The van der Waals surface area contributed by atoms with E-state index in [-0.39, 0.29) is 6.10 Å². The number of carbonyl (C=O) groups is 1. The molecule has 2 aliphatic rings. The summed E-state index contributed by atoms with van der Waals surface area (Å²) in [7, 11) is 1.37. The Hall–Kier alpha value is -2.00. The SMILES string of the molecule is COC(=O)c1ccoc1CSc1nnc(N2CCC(C)CC2)n1C[C@H]1CCCO1. The average Bonchev–Trinajstić information content (AvgIpc) is 3.48. The summed E-state index contributed by atoms with van der Waals surface area (Å²) in [5.41, 5.74) is 0.454. The van der Waals surface area contributed by atoms with Crippen LogP contribution in [0.4, 0.5) is 5.95 Å². The zero-order valence-electron chi connectivity index (χ0n) is 17.0. The quantitative estimate of drug-likeness (QED) is 0.498. The summed E-state index contributed by atoms with van der Waals surface area (Å²) in [6.07, 6.45) is 6.21. The summed E-state index contributed by atoms with van der Waals surface area (Å²) < 4.78 is 18.4. The van der Waals surface area contributed by atoms with Gasteiger partial charge in [0.2, 0.25) is 5.95 Å². The number of furan rings is 1. The minimum Gasteiger partial charge on any atom is -0.468 e. The van der Waals surface area contributed by atoms with Crippen LogP contribution < -0.4 is 4.90 Å². The number of hydrogen-bond acceptors (Lipinski definition) is 8. The first kappa shape index (κ1) is 20.3. The Bertz CT molecular complexity index is 822. The second kappa shape index (κ2) is 9.21. The van der Waals surface area contributed by atoms with Crippen LogP contribution in [-0.4, -0.2) is 53.6 Å². The molecule has 8 nitrogen and oxygen atoms in total. The molecule has 29 heavy (non-hydrogen) atoms. The van der Waals surface area contributed by atoms with Gasteiger partial charge in [0.05, 0.1) is 31.8 Å². The Morgan fingerprint density at radius 1 is 1.31 bits per heavy atom. The van der Waals surface area contributed by atoms with E-state index in [0.29, 0.717) is 17.1 Å². The van der Waals surface area contributed by atoms with Gasteiger partial charge in [0.15, 0.2) is 5.16 Å². The molecule has 4 heterocycles. The predicted octanol–water partition coefficient (Wildman–Crippen LogP) is 3.37. The molecule has 9 heteroatoms. The number of anilines is 1. The van der Waals surface area contributed by atoms with Crippen LogP contribution in [0.3, 0.4) is 0 Å². The molecular weight excluding hydrogens is 392 g/mol. The van der Waals surface area contributed by atoms with Crippen LogP contribution in [0.1, 0.15) is 48.7 Å². The van der Waals surface area contributed by atoms with Gasteiger partial charge in [-0.2, -0.15) is 0 Å². The number of hydrogen-bond donors (Lipinski definition) is 0. The van der Waals surface area contributed by atoms with E-state index in [4.69, 9.17) is 13.9 Å². The first-order valence-electron chi connectivity index (χ1n) is 10.2. The van der Waals surface area contributed by atoms with Gasteiger partial charge in [0.25, 0.3) is 0 Å². The summed E-state index contributed by atoms with van der Waals surface area (Å²) in [6, 6.07) is 1.64. The third-order valence-electron chi connectivity index (χ3n) is 5.66. The summed E-state index contributed by atoms with van der Waals surface area (Å²) >= 11 is 1.52. The first-order valence-corrected chi connectivity index (χ1v) is 11.2. The van der Waals surface area contributed by atoms with E-state index < -0.39 is 5.97 Å². The summed E-state index contributed by atoms with van der Waals surface area (Å²) in [5.74, 6) is 2.35. The summed E-state index contributed by atoms with van der Waals surface area (Å²) in [4.78, 5) is 14.2. The second-order valence-electron chi connectivity index (χ2n) is 7.74. The summed E-state index contributed by atoms with van der Waals surface area (Å²) in [6.45, 7) is 5.87. The normalized spacial score (nSPS) is 20.3. The Morgan fingerprint density at radius 2 is 2.14 bits per heavy atom. The Kier molecular flexibility index (Phi) is 6.44. The van der Waals surface area contributed by atoms with Crippen molar-refractivity contribution in [3.63, 3.8) is 0 Å². The van der Waals surface area contributed by atoms with Gasteiger partial charge in [-0.05, 0) is 37.7 Å². The van der Waals surface area contributed by atoms with E-state index >= 15 is 0 Å². The lowest BCUT2D eigenvalue weighted by Gasteiger charge is -2.31. The van der Waals surface area contributed by atoms with Crippen molar-refractivity contribution in [2.45, 2.75) is 56.2 Å². The lowest BCUT2D eigenvalue weighted by molar-refractivity contribution is 0.0598. The van der Waals surface area contributed by atoms with E-state index in [1.165, 1.54) is 38.0 Å². The van der Waals surface area contributed by atoms with Crippen LogP contribution in [0.5, 0.6) is 0 Å². The number of piperidine rings is 1. The van der Waals surface area contributed by atoms with Gasteiger partial charge in [-0.15, -0.1) is 10.2 Å². The number of nitrogens with zero attached hydrogens (tertiary/aromatic N) is 4. The fraction of sp³-hybridized carbons (Fsp3) is 0.650. The molecule has 0 aliphatic carbocycles. The van der Waals surface area contributed by atoms with Gasteiger partial charge in [0, 0.05) is 19.7 Å². The number of rotatable bonds is 7. The minimum absolute atomic E-state index is 0.196. The van der Waals surface area contributed by atoms with Crippen LogP contribution in [0.2, 0.25) is 0 Å². The lowest BCUT2D eigenvalue weighted by Crippen LogP contribution is -2.35. The van der Waals surface area contributed by atoms with E-state index in [1.807, 2.05) is 0 Å². The smallest absolute Gasteiger partial charge is 0.341 e. The summed E-state index contributed by atoms with van der Waals surface area (Å²) in [5, 5.41) is 9.81. The molecule has 0 radical (unpaired) electrons. The number of aromatic nitrogens is 3. The molecule has 2 aromatic rings. The molecule has 2 fully saturated rings. The zero-order valence-corrected chi connectivity index (χ0v) is 17.8. The van der Waals surface area contributed by atoms with Crippen LogP contribution in [-0.2, 0) is 21.8 Å². The van der Waals surface area contributed by atoms with Crippen LogP contribution in [0.25, 0.3) is 0 Å². The number of methoxy groups -OCH3 is 1. The van der Waals surface area contributed by atoms with Gasteiger partial charge in [0.1, 0.15) is 11.3 Å². The van der Waals surface area contributed by atoms with Crippen molar-refractivity contribution in [3.05, 3.63) is 23.7 Å². The predicted molar refractivity (Wildman–Crippen MR) is 109 cm³/mol. The van der Waals surface area contributed by atoms with Crippen molar-refractivity contribution in [1.82, 2.24) is 14.8 Å². The molecule has 0 amide bonds. The molecule has 0 aromatic carbocycles. The standard InChI is InChI=1S/C20H28N4O4S/c1-14-5-8-23(9-6-14)19-21-22-20(24(19)12-15-4-3-10-27-15)29-13-17-16(7-11-28-17)18(25)26-2/h7,11,14-15H,3-6,8-10,12-13H2,1-2H3/t15-/m1/s1. The van der Waals surface area contributed by atoms with Crippen molar-refractivity contribution in [1.29, 1.82) is 0 Å². The van der Waals surface area contributed by atoms with Crippen molar-refractivity contribution in [2.24, 2.45) is 5.92 Å². The molecule has 1 atom stereocenters. The maximum absolute atomic E-state index is 11.9. The lowest BCUT2D eigenvalue weighted by atomic mass is 10.00. The maximum atomic E-state index is 11.9. The van der Waals surface area contributed by atoms with Crippen LogP contribution >= 0.6 is 11.8 Å². The number of carbonyl (C=O) groups excluding carboxylic acids is 1. The van der Waals surface area contributed by atoms with Gasteiger partial charge in [-0.3, -0.25) is 4.57 Å². The molecule has 2 saturated heterocycles. The number of esters is 1. The van der Waals surface area contributed by atoms with E-state index in [0.717, 1.165) is 56.1 Å². The minimum atomic E-state index is -0.390. The third-order valence-corrected chi connectivity index (χ3v) is 6.62. The maximum Gasteiger partial charge on any atom is 0.341 e. The third kappa shape index (κ3) is 4.61. The molecule has 0 saturated carbocycles. The Balaban J connectivity index is 1.52. The fourth-order valence-electron chi connectivity index (χ4n) is 3.86. The highest BCUT2D eigenvalue weighted by Gasteiger charge is 2.26. The molecule has 4 rings (SSSR count). The fourth-order valence-corrected chi connectivity index (χ4v) is 4.75. The Labute approximate surface area is 174 Å². The second-order valence-corrected chi connectivity index (χ2v) is 8.68. The van der Waals surface area contributed by atoms with Crippen molar-refractivity contribution in [2.75, 3.05) is 31.7 Å². The highest BCUT2D eigenvalue weighted by molar-refractivity contribution is 7.98. The van der Waals surface area contributed by atoms with E-state index in [1.54, 1.807) is 6.07 Å². The molecule has 0 bridgehead atoms. The van der Waals surface area contributed by atoms with Crippen molar-refractivity contribution < 1.29 is 18.7 Å². The number of ether oxygens (including phenoxy) is 2. The largest absolute Gasteiger partial charge is 0.468 e. The highest BCUT2D eigenvalue weighted by Crippen LogP contribution is 2.30. The van der Waals surface area contributed by atoms with Gasteiger partial charge in [-0.25, -0.2) is 4.79 Å². The average molecular weight is 421 g/mol. The molecule has 2 aromatic heterocycles. The first-order chi connectivity index (χ1) is 14.2. The molecule has 0 spiro atoms. The van der Waals surface area contributed by atoms with Crippen molar-refractivity contribution >= 4 is 23.7 Å². The van der Waals surface area contributed by atoms with Gasteiger partial charge in [-0.1, -0.05) is 18.7 Å². The van der Waals surface area contributed by atoms with E-state index in [2.05, 4.69) is 26.6 Å². The molecule has 158 valence electrons. The molecular formula is C20H28N4O4S. The number of thioether (sulfide) groups is 1. The van der Waals surface area contributed by atoms with Crippen LogP contribution in [0, 0.1) is 5.92 Å². The Morgan fingerprint density at radius 3 is 2.86 bits per heavy atom. The van der Waals surface area contributed by atoms with E-state index in [9.17, 15) is 4.79 Å². The monoisotopic (exact) mass is 420 g/mol. The molecule has 2 aliphatic heterocycles. The van der Waals surface area contributed by atoms with Crippen molar-refractivity contribution in [3.8, 4) is 0 Å². The van der Waals surface area contributed by atoms with Crippen LogP contribution in [0.15, 0.2) is 21.9 Å². The zero-order chi connectivity index (χ0) is 20.2. The van der Waals surface area contributed by atoms with Gasteiger partial charge >= 0.3 is 5.97 Å². The molecule has 0 unspecified atom stereocenters. The van der Waals surface area contributed by atoms with Gasteiger partial charge < -0.3 is 18.8 Å². The highest BCUT2D eigenvalue weighted by atomic mass is 32.2. The topological polar surface area (TPSA) is 82.6 Å².